The predicted octanol–water partition coefficient (Wildman–Crippen LogP) is 2.76. The number of hydrogen-bond acceptors (Lipinski definition) is 24. The van der Waals surface area contributed by atoms with Crippen LogP contribution in [0.5, 0.6) is 11.5 Å². The van der Waals surface area contributed by atoms with E-state index in [2.05, 4.69) is 20.4 Å². The second-order valence-corrected chi connectivity index (χ2v) is 17.5. The molecule has 2 aliphatic heterocycles. The van der Waals surface area contributed by atoms with E-state index in [0.29, 0.717) is 5.75 Å². The molecule has 0 amide bonds. The lowest BCUT2D eigenvalue weighted by Crippen LogP contribution is -2.64. The number of benzene rings is 2. The lowest BCUT2D eigenvalue weighted by atomic mass is 9.95. The fourth-order valence-electron chi connectivity index (χ4n) is 6.27. The number of para-hydroxylation sites is 2. The molecule has 4 rings (SSSR count). The molecule has 2 aromatic carbocycles. The number of alkyl halides is 2. The lowest BCUT2D eigenvalue weighted by molar-refractivity contribution is -0.296. The van der Waals surface area contributed by atoms with E-state index in [1.165, 1.54) is 30.7 Å². The molecule has 0 bridgehead atoms. The van der Waals surface area contributed by atoms with Gasteiger partial charge in [-0.2, -0.15) is 0 Å². The van der Waals surface area contributed by atoms with Crippen LogP contribution >= 0.6 is 15.6 Å². The van der Waals surface area contributed by atoms with Gasteiger partial charge in [-0.1, -0.05) is 36.4 Å². The zero-order valence-electron chi connectivity index (χ0n) is 42.0. The molecular formula is C44H56F2O27P2. The van der Waals surface area contributed by atoms with Gasteiger partial charge in [0.2, 0.25) is 12.6 Å². The Morgan fingerprint density at radius 1 is 0.547 bits per heavy atom. The van der Waals surface area contributed by atoms with Crippen LogP contribution in [0.4, 0.5) is 8.78 Å². The number of phenolic OH excluding ortho intramolecular Hbond substituents is 1. The number of ether oxygens (including phenoxy) is 10. The third-order valence-corrected chi connectivity index (χ3v) is 10.1. The molecule has 0 spiro atoms. The highest BCUT2D eigenvalue weighted by Gasteiger charge is 2.58. The summed E-state index contributed by atoms with van der Waals surface area (Å²) in [5.74, 6) is -7.29. The Labute approximate surface area is 428 Å². The fraction of sp³-hybridized carbons (Fsp3) is 0.500. The summed E-state index contributed by atoms with van der Waals surface area (Å²) in [6.45, 7) is 5.94. The van der Waals surface area contributed by atoms with Gasteiger partial charge < -0.3 is 66.8 Å². The summed E-state index contributed by atoms with van der Waals surface area (Å²) in [6.07, 6.45) is -17.3. The van der Waals surface area contributed by atoms with Gasteiger partial charge in [0.25, 0.3) is 0 Å². The summed E-state index contributed by atoms with van der Waals surface area (Å²) < 4.78 is 124. The van der Waals surface area contributed by atoms with Crippen molar-refractivity contribution in [1.29, 1.82) is 0 Å². The monoisotopic (exact) mass is 1120 g/mol. The molecule has 5 unspecified atom stereocenters. The van der Waals surface area contributed by atoms with Crippen molar-refractivity contribution in [3.63, 3.8) is 0 Å². The van der Waals surface area contributed by atoms with Crippen LogP contribution in [0.15, 0.2) is 60.7 Å². The van der Waals surface area contributed by atoms with E-state index in [1.54, 1.807) is 30.3 Å². The van der Waals surface area contributed by atoms with Crippen LogP contribution in [0.25, 0.3) is 0 Å². The summed E-state index contributed by atoms with van der Waals surface area (Å²) >= 11 is 0. The van der Waals surface area contributed by atoms with Gasteiger partial charge in [-0.15, -0.1) is 12.8 Å². The molecule has 27 nitrogen and oxygen atoms in total. The SMILES string of the molecule is CC(=O)OC[C@H](F)C1O[C@@H](OP(=O)(O)O)[C@H](OC(C)=O)C(OC(C)=O)[C@@H]1OC(C)=O.CC(=O)OC[C@H](F)C1O[C@@H](OP(=O)(O)Oc2ccccc2)[C@H](OC(C)=O)C(OC(C)=O)[C@@H]1OC(C)=O.Oc1ccccc1.[2H]C#C. The number of hydrogen-bond donors (Lipinski definition) is 4. The third-order valence-electron chi connectivity index (χ3n) is 8.68. The molecule has 31 heteroatoms. The molecule has 0 saturated carbocycles. The van der Waals surface area contributed by atoms with Gasteiger partial charge in [0.15, 0.2) is 49.0 Å². The molecule has 0 aliphatic carbocycles. The number of halogens is 2. The molecule has 2 aliphatic rings. The van der Waals surface area contributed by atoms with E-state index < -0.39 is 150 Å². The highest BCUT2D eigenvalue weighted by Crippen LogP contribution is 2.48. The van der Waals surface area contributed by atoms with Gasteiger partial charge in [0.1, 0.15) is 38.3 Å². The summed E-state index contributed by atoms with van der Waals surface area (Å²) in [4.78, 5) is 121. The predicted molar refractivity (Wildman–Crippen MR) is 243 cm³/mol. The van der Waals surface area contributed by atoms with E-state index in [-0.39, 0.29) is 5.75 Å². The maximum Gasteiger partial charge on any atom is 0.529 e. The van der Waals surface area contributed by atoms with Crippen LogP contribution in [-0.2, 0) is 104 Å². The van der Waals surface area contributed by atoms with Gasteiger partial charge in [-0.05, 0) is 24.3 Å². The molecule has 0 radical (unpaired) electrons. The fourth-order valence-corrected chi connectivity index (χ4v) is 7.58. The first-order chi connectivity index (χ1) is 35.3. The quantitative estimate of drug-likeness (QED) is 0.0721. The molecular weight excluding hydrogens is 1060 g/mol. The first kappa shape index (κ1) is 64.5. The normalized spacial score (nSPS) is 24.4. The molecule has 418 valence electrons. The van der Waals surface area contributed by atoms with E-state index in [1.807, 2.05) is 6.07 Å². The van der Waals surface area contributed by atoms with Gasteiger partial charge >= 0.3 is 63.4 Å². The summed E-state index contributed by atoms with van der Waals surface area (Å²) in [5, 5.41) is 8.63. The smallest absolute Gasteiger partial charge is 0.508 e. The second-order valence-electron chi connectivity index (χ2n) is 14.9. The molecule has 75 heavy (non-hydrogen) atoms. The average Bonchev–Trinajstić information content (AvgIpc) is 3.28. The zero-order chi connectivity index (χ0) is 58.1. The maximum absolute atomic E-state index is 15.1. The summed E-state index contributed by atoms with van der Waals surface area (Å²) in [5.41, 5.74) is 0. The Bertz CT molecular complexity index is 2370. The van der Waals surface area contributed by atoms with Crippen molar-refractivity contribution in [3.05, 3.63) is 60.7 Å². The molecule has 0 aromatic heterocycles. The first-order valence-electron chi connectivity index (χ1n) is 21.8. The Hall–Kier alpha value is -6.60. The van der Waals surface area contributed by atoms with Gasteiger partial charge in [-0.3, -0.25) is 47.8 Å². The Morgan fingerprint density at radius 2 is 0.853 bits per heavy atom. The summed E-state index contributed by atoms with van der Waals surface area (Å²) in [7, 11) is -10.3. The highest BCUT2D eigenvalue weighted by molar-refractivity contribution is 7.47. The van der Waals surface area contributed by atoms with Crippen molar-refractivity contribution in [1.82, 2.24) is 0 Å². The van der Waals surface area contributed by atoms with E-state index in [9.17, 15) is 56.8 Å². The standard InChI is InChI=1S/C21H26FO13P.C15H22FO13P.C6H6O.C2H2/c1-11(23)29-10-16(22)17-18(30-12(2)24)19(31-13(3)25)20(32-14(4)26)21(33-17)35-36(27,28)34-15-8-6-5-7-9-15;1-6(17)24-5-10(16)11-12(25-7(2)18)13(26-8(3)19)14(27-9(4)20)15(28-11)29-30(21,22)23;7-6-4-2-1-3-5-6;1-2/h5-9,16-21H,10H2,1-4H3,(H,27,28);10-15H,5H2,1-4H3,(H2,21,22,23);1-5,7H;1-2H/t16-,17?,18+,19?,20+,21-;10-,11?,12+,13?,14+,15-;;/m00../s1/i;;;1D. The van der Waals surface area contributed by atoms with Crippen molar-refractivity contribution in [2.24, 2.45) is 0 Å². The zero-order valence-corrected chi connectivity index (χ0v) is 42.8. The number of phenols is 1. The number of phosphoric ester groups is 2. The van der Waals surface area contributed by atoms with Crippen LogP contribution < -0.4 is 4.52 Å². The van der Waals surface area contributed by atoms with Crippen molar-refractivity contribution in [2.75, 3.05) is 13.2 Å². The molecule has 4 N–H and O–H groups in total. The number of carbonyl (C=O) groups is 8. The number of rotatable bonds is 18. The van der Waals surface area contributed by atoms with Crippen LogP contribution in [0, 0.1) is 12.8 Å². The topological polar surface area (TPSA) is 372 Å². The lowest BCUT2D eigenvalue weighted by Gasteiger charge is -2.44. The third kappa shape index (κ3) is 25.5. The van der Waals surface area contributed by atoms with Crippen molar-refractivity contribution in [3.8, 4) is 24.3 Å². The Balaban J connectivity index is 0.000000648. The van der Waals surface area contributed by atoms with Crippen molar-refractivity contribution >= 4 is 63.4 Å². The minimum Gasteiger partial charge on any atom is -0.508 e. The van der Waals surface area contributed by atoms with E-state index in [0.717, 1.165) is 55.4 Å². The van der Waals surface area contributed by atoms with Crippen LogP contribution in [-0.4, -0.2) is 155 Å². The molecule has 2 heterocycles. The summed E-state index contributed by atoms with van der Waals surface area (Å²) in [6, 6.07) is 16.0. The van der Waals surface area contributed by atoms with Crippen LogP contribution in [0.2, 0.25) is 0 Å². The van der Waals surface area contributed by atoms with Crippen LogP contribution in [0.1, 0.15) is 56.8 Å². The number of esters is 8. The highest BCUT2D eigenvalue weighted by atomic mass is 31.2. The second kappa shape index (κ2) is 32.0. The number of aromatic hydroxyl groups is 1. The van der Waals surface area contributed by atoms with E-state index >= 15 is 4.39 Å². The van der Waals surface area contributed by atoms with Crippen molar-refractivity contribution < 1.29 is 138 Å². The average molecular weight is 1120 g/mol. The van der Waals surface area contributed by atoms with E-state index in [4.69, 9.17) is 63.2 Å². The Morgan fingerprint density at radius 3 is 1.15 bits per heavy atom. The molecule has 2 saturated heterocycles. The number of carbonyl (C=O) groups excluding carboxylic acids is 8. The maximum atomic E-state index is 15.1. The number of terminal acetylenes is 1. The molecule has 13 atom stereocenters. The van der Waals surface area contributed by atoms with Gasteiger partial charge in [-0.25, -0.2) is 22.4 Å². The molecule has 2 aromatic rings. The van der Waals surface area contributed by atoms with Crippen molar-refractivity contribution in [2.45, 2.75) is 129 Å². The number of phosphoric acid groups is 2. The minimum atomic E-state index is -5.28. The Kier molecular flexibility index (Phi) is 27.5. The minimum absolute atomic E-state index is 0.0766. The molecule has 2 fully saturated rings. The van der Waals surface area contributed by atoms with Gasteiger partial charge in [0.05, 0.1) is 0 Å². The largest absolute Gasteiger partial charge is 0.529 e. The van der Waals surface area contributed by atoms with Crippen LogP contribution in [0.3, 0.4) is 0 Å². The van der Waals surface area contributed by atoms with Gasteiger partial charge in [0, 0.05) is 55.4 Å². The first-order valence-corrected chi connectivity index (χ1v) is 24.3.